The zero-order valence-electron chi connectivity index (χ0n) is 16.3. The first kappa shape index (κ1) is 20.5. The molecule has 2 rings (SSSR count). The molecule has 25 heavy (non-hydrogen) atoms. The minimum atomic E-state index is -0.720. The Balaban J connectivity index is 2.17. The maximum atomic E-state index is 4.84. The second kappa shape index (κ2) is 11.1. The zero-order chi connectivity index (χ0) is 18.0. The Morgan fingerprint density at radius 3 is 1.96 bits per heavy atom. The predicted molar refractivity (Wildman–Crippen MR) is 110 cm³/mol. The molecule has 2 aromatic rings. The first-order valence-electron chi connectivity index (χ1n) is 10.1. The molecule has 2 radical (unpaired) electrons. The van der Waals surface area contributed by atoms with Crippen LogP contribution in [-0.4, -0.2) is 30.7 Å². The van der Waals surface area contributed by atoms with Crippen molar-refractivity contribution in [3.8, 4) is 5.69 Å². The van der Waals surface area contributed by atoms with Crippen molar-refractivity contribution in [2.24, 2.45) is 0 Å². The summed E-state index contributed by atoms with van der Waals surface area (Å²) in [5, 5.41) is 0. The SMILES string of the molecule is CCCC[C](CCCC)(CCCC)[Sn][c]1cn(-c2ccccc2)cn1. The third-order valence-corrected chi connectivity index (χ3v) is 10.2. The number of aromatic nitrogens is 2. The molecule has 136 valence electrons. The number of para-hydroxylation sites is 1. The van der Waals surface area contributed by atoms with Gasteiger partial charge in [-0.15, -0.1) is 0 Å². The Kier molecular flexibility index (Phi) is 9.08. The van der Waals surface area contributed by atoms with Gasteiger partial charge in [0.1, 0.15) is 0 Å². The molecule has 0 fully saturated rings. The first-order chi connectivity index (χ1) is 12.2. The van der Waals surface area contributed by atoms with Gasteiger partial charge in [0.25, 0.3) is 0 Å². The van der Waals surface area contributed by atoms with Crippen LogP contribution in [0.3, 0.4) is 0 Å². The molecular weight excluding hydrogens is 411 g/mol. The van der Waals surface area contributed by atoms with Gasteiger partial charge in [-0.3, -0.25) is 0 Å². The topological polar surface area (TPSA) is 17.8 Å². The Labute approximate surface area is 164 Å². The molecule has 0 aliphatic carbocycles. The van der Waals surface area contributed by atoms with Crippen LogP contribution in [-0.2, 0) is 0 Å². The molecule has 0 saturated heterocycles. The maximum absolute atomic E-state index is 4.84. The summed E-state index contributed by atoms with van der Waals surface area (Å²) in [5.74, 6) is 0. The average Bonchev–Trinajstić information content (AvgIpc) is 3.12. The zero-order valence-corrected chi connectivity index (χ0v) is 19.2. The summed E-state index contributed by atoms with van der Waals surface area (Å²) >= 11 is -0.720. The van der Waals surface area contributed by atoms with Crippen molar-refractivity contribution in [1.82, 2.24) is 9.55 Å². The summed E-state index contributed by atoms with van der Waals surface area (Å²) < 4.78 is 4.25. The van der Waals surface area contributed by atoms with E-state index in [9.17, 15) is 0 Å². The number of rotatable bonds is 12. The molecule has 0 saturated carbocycles. The van der Waals surface area contributed by atoms with E-state index >= 15 is 0 Å². The van der Waals surface area contributed by atoms with Gasteiger partial charge < -0.3 is 0 Å². The van der Waals surface area contributed by atoms with Crippen molar-refractivity contribution < 1.29 is 0 Å². The van der Waals surface area contributed by atoms with Gasteiger partial charge in [-0.25, -0.2) is 0 Å². The number of benzene rings is 1. The first-order valence-corrected chi connectivity index (χ1v) is 13.0. The Morgan fingerprint density at radius 1 is 0.880 bits per heavy atom. The molecule has 3 heteroatoms. The molecule has 0 bridgehead atoms. The molecule has 0 N–H and O–H groups in total. The van der Waals surface area contributed by atoms with Crippen LogP contribution >= 0.6 is 0 Å². The number of hydrogen-bond acceptors (Lipinski definition) is 1. The summed E-state index contributed by atoms with van der Waals surface area (Å²) in [5.41, 5.74) is 1.22. The van der Waals surface area contributed by atoms with Crippen molar-refractivity contribution in [2.75, 3.05) is 0 Å². The molecule has 0 unspecified atom stereocenters. The molecule has 0 atom stereocenters. The predicted octanol–water partition coefficient (Wildman–Crippen LogP) is 5.93. The van der Waals surface area contributed by atoms with E-state index in [-0.39, 0.29) is 0 Å². The molecule has 1 aromatic carbocycles. The van der Waals surface area contributed by atoms with Crippen molar-refractivity contribution >= 4 is 24.9 Å². The summed E-state index contributed by atoms with van der Waals surface area (Å²) in [6.45, 7) is 7.00. The minimum absolute atomic E-state index is 0.612. The van der Waals surface area contributed by atoms with Crippen LogP contribution in [0.2, 0.25) is 3.43 Å². The average molecular weight is 445 g/mol. The van der Waals surface area contributed by atoms with Crippen molar-refractivity contribution in [3.05, 3.63) is 42.9 Å². The summed E-state index contributed by atoms with van der Waals surface area (Å²) in [4.78, 5) is 4.84. The van der Waals surface area contributed by atoms with Crippen LogP contribution in [0.15, 0.2) is 42.9 Å². The number of nitrogens with zero attached hydrogens (tertiary/aromatic N) is 2. The molecule has 1 aromatic heterocycles. The summed E-state index contributed by atoms with van der Waals surface area (Å²) in [6.07, 6.45) is 16.7. The number of unbranched alkanes of at least 4 members (excludes halogenated alkanes) is 3. The van der Waals surface area contributed by atoms with E-state index in [1.54, 1.807) is 0 Å². The van der Waals surface area contributed by atoms with Crippen LogP contribution in [0, 0.1) is 0 Å². The monoisotopic (exact) mass is 446 g/mol. The van der Waals surface area contributed by atoms with Crippen molar-refractivity contribution in [1.29, 1.82) is 0 Å². The van der Waals surface area contributed by atoms with E-state index in [0.717, 1.165) is 0 Å². The van der Waals surface area contributed by atoms with Crippen LogP contribution in [0.1, 0.15) is 78.6 Å². The molecule has 0 aliphatic rings. The quantitative estimate of drug-likeness (QED) is 0.371. The van der Waals surface area contributed by atoms with Gasteiger partial charge in [0.2, 0.25) is 0 Å². The molecule has 2 nitrogen and oxygen atoms in total. The molecule has 0 amide bonds. The third kappa shape index (κ3) is 6.47. The van der Waals surface area contributed by atoms with E-state index in [1.165, 1.54) is 67.2 Å². The van der Waals surface area contributed by atoms with E-state index in [4.69, 9.17) is 4.98 Å². The fourth-order valence-electron chi connectivity index (χ4n) is 3.51. The Bertz CT molecular complexity index is 569. The van der Waals surface area contributed by atoms with Gasteiger partial charge in [0.05, 0.1) is 0 Å². The summed E-state index contributed by atoms with van der Waals surface area (Å²) in [6, 6.07) is 10.6. The van der Waals surface area contributed by atoms with Crippen LogP contribution in [0.25, 0.3) is 5.69 Å². The number of imidazole rings is 1. The van der Waals surface area contributed by atoms with Crippen LogP contribution in [0.4, 0.5) is 0 Å². The Morgan fingerprint density at radius 2 is 1.44 bits per heavy atom. The van der Waals surface area contributed by atoms with Crippen LogP contribution < -0.4 is 3.71 Å². The molecule has 0 aliphatic heterocycles. The molecule has 1 heterocycles. The van der Waals surface area contributed by atoms with Crippen molar-refractivity contribution in [3.63, 3.8) is 0 Å². The fraction of sp³-hybridized carbons (Fsp3) is 0.591. The Hall–Kier alpha value is -0.771. The second-order valence-electron chi connectivity index (χ2n) is 7.22. The van der Waals surface area contributed by atoms with Gasteiger partial charge >= 0.3 is 165 Å². The van der Waals surface area contributed by atoms with Gasteiger partial charge in [-0.05, 0) is 0 Å². The van der Waals surface area contributed by atoms with Crippen molar-refractivity contribution in [2.45, 2.75) is 82.0 Å². The van der Waals surface area contributed by atoms with E-state index in [1.807, 2.05) is 6.33 Å². The van der Waals surface area contributed by atoms with Gasteiger partial charge in [-0.1, -0.05) is 0 Å². The summed E-state index contributed by atoms with van der Waals surface area (Å²) in [7, 11) is 0. The third-order valence-electron chi connectivity index (χ3n) is 5.06. The second-order valence-corrected chi connectivity index (χ2v) is 12.4. The fourth-order valence-corrected chi connectivity index (χ4v) is 8.57. The van der Waals surface area contributed by atoms with E-state index < -0.39 is 21.1 Å². The standard InChI is InChI=1S/C13H27.C9H7N2.Sn/c1-4-7-10-13(11-8-5-2)12-9-6-3;1-2-4-9(5-3-1)11-7-6-10-8-11;/h4-12H2,1-3H3;1-5,7-8H;. The molecule has 0 spiro atoms. The van der Waals surface area contributed by atoms with Gasteiger partial charge in [0, 0.05) is 0 Å². The molecular formula is C22H34N2Sn. The van der Waals surface area contributed by atoms with E-state index in [2.05, 4.69) is 61.9 Å². The van der Waals surface area contributed by atoms with Gasteiger partial charge in [0.15, 0.2) is 0 Å². The number of hydrogen-bond donors (Lipinski definition) is 0. The van der Waals surface area contributed by atoms with E-state index in [0.29, 0.717) is 3.43 Å². The van der Waals surface area contributed by atoms with Crippen LogP contribution in [0.5, 0.6) is 0 Å². The van der Waals surface area contributed by atoms with Gasteiger partial charge in [-0.2, -0.15) is 0 Å². The normalized spacial score (nSPS) is 11.8.